The molecule has 18 heavy (non-hydrogen) atoms. The molecule has 0 aliphatic heterocycles. The lowest BCUT2D eigenvalue weighted by Gasteiger charge is -2.29. The molecular formula is C14H25N3S. The molecular weight excluding hydrogens is 242 g/mol. The van der Waals surface area contributed by atoms with E-state index >= 15 is 0 Å². The van der Waals surface area contributed by atoms with Crippen molar-refractivity contribution in [1.82, 2.24) is 10.3 Å². The molecule has 0 spiro atoms. The van der Waals surface area contributed by atoms with Gasteiger partial charge in [0.25, 0.3) is 0 Å². The van der Waals surface area contributed by atoms with Crippen molar-refractivity contribution >= 4 is 16.5 Å². The zero-order chi connectivity index (χ0) is 13.0. The molecule has 0 unspecified atom stereocenters. The molecule has 1 fully saturated rings. The van der Waals surface area contributed by atoms with Crippen molar-refractivity contribution in [2.75, 3.05) is 25.0 Å². The molecule has 1 aliphatic carbocycles. The van der Waals surface area contributed by atoms with E-state index in [9.17, 15) is 0 Å². The van der Waals surface area contributed by atoms with Crippen LogP contribution in [-0.4, -0.2) is 25.1 Å². The second kappa shape index (κ2) is 6.53. The maximum atomic E-state index is 4.53. The minimum absolute atomic E-state index is 0.707. The highest BCUT2D eigenvalue weighted by Gasteiger charge is 2.20. The minimum atomic E-state index is 0.707. The standard InChI is InChI=1S/C14H25N3S/c1-11(2)7-15-8-13-9-16-14(18-13)17(3)10-12-5-4-6-12/h9,11-12,15H,4-8,10H2,1-3H3. The van der Waals surface area contributed by atoms with Gasteiger partial charge in [-0.1, -0.05) is 20.3 Å². The largest absolute Gasteiger partial charge is 0.351 e. The first-order valence-corrected chi connectivity index (χ1v) is 7.83. The molecule has 1 aromatic rings. The summed E-state index contributed by atoms with van der Waals surface area (Å²) in [4.78, 5) is 8.19. The van der Waals surface area contributed by atoms with Crippen molar-refractivity contribution in [3.8, 4) is 0 Å². The second-order valence-corrected chi connectivity index (χ2v) is 6.90. The van der Waals surface area contributed by atoms with E-state index in [1.54, 1.807) is 0 Å². The van der Waals surface area contributed by atoms with Gasteiger partial charge in [-0.25, -0.2) is 4.98 Å². The molecule has 102 valence electrons. The first-order chi connectivity index (χ1) is 8.65. The fourth-order valence-electron chi connectivity index (χ4n) is 2.18. The van der Waals surface area contributed by atoms with E-state index in [1.807, 2.05) is 17.5 Å². The normalized spacial score (nSPS) is 16.0. The van der Waals surface area contributed by atoms with Crippen molar-refractivity contribution < 1.29 is 0 Å². The molecule has 0 atom stereocenters. The van der Waals surface area contributed by atoms with Crippen molar-refractivity contribution in [3.63, 3.8) is 0 Å². The molecule has 2 rings (SSSR count). The summed E-state index contributed by atoms with van der Waals surface area (Å²) in [6.07, 6.45) is 6.24. The van der Waals surface area contributed by atoms with Crippen LogP contribution in [0.2, 0.25) is 0 Å². The maximum Gasteiger partial charge on any atom is 0.185 e. The van der Waals surface area contributed by atoms with Crippen molar-refractivity contribution in [1.29, 1.82) is 0 Å². The van der Waals surface area contributed by atoms with Gasteiger partial charge in [-0.3, -0.25) is 0 Å². The smallest absolute Gasteiger partial charge is 0.185 e. The fraction of sp³-hybridized carbons (Fsp3) is 0.786. The highest BCUT2D eigenvalue weighted by molar-refractivity contribution is 7.15. The lowest BCUT2D eigenvalue weighted by Crippen LogP contribution is -2.29. The summed E-state index contributed by atoms with van der Waals surface area (Å²) in [5, 5.41) is 4.64. The summed E-state index contributed by atoms with van der Waals surface area (Å²) in [6.45, 7) is 7.67. The van der Waals surface area contributed by atoms with Gasteiger partial charge in [-0.2, -0.15) is 0 Å². The monoisotopic (exact) mass is 267 g/mol. The van der Waals surface area contributed by atoms with Gasteiger partial charge in [0, 0.05) is 31.2 Å². The minimum Gasteiger partial charge on any atom is -0.351 e. The van der Waals surface area contributed by atoms with E-state index in [0.29, 0.717) is 5.92 Å². The lowest BCUT2D eigenvalue weighted by atomic mass is 9.85. The third kappa shape index (κ3) is 3.95. The quantitative estimate of drug-likeness (QED) is 0.822. The van der Waals surface area contributed by atoms with E-state index in [2.05, 4.69) is 36.1 Å². The Morgan fingerprint density at radius 2 is 2.28 bits per heavy atom. The molecule has 3 nitrogen and oxygen atoms in total. The molecule has 0 radical (unpaired) electrons. The number of hydrogen-bond acceptors (Lipinski definition) is 4. The molecule has 1 saturated carbocycles. The van der Waals surface area contributed by atoms with Crippen molar-refractivity contribution in [3.05, 3.63) is 11.1 Å². The summed E-state index contributed by atoms with van der Waals surface area (Å²) >= 11 is 1.82. The third-order valence-corrected chi connectivity index (χ3v) is 4.59. The first-order valence-electron chi connectivity index (χ1n) is 7.01. The van der Waals surface area contributed by atoms with Crippen LogP contribution in [-0.2, 0) is 6.54 Å². The van der Waals surface area contributed by atoms with Gasteiger partial charge in [0.05, 0.1) is 0 Å². The van der Waals surface area contributed by atoms with Crippen molar-refractivity contribution in [2.45, 2.75) is 39.7 Å². The maximum absolute atomic E-state index is 4.53. The SMILES string of the molecule is CC(C)CNCc1cnc(N(C)CC2CCC2)s1. The number of aromatic nitrogens is 1. The van der Waals surface area contributed by atoms with Crippen LogP contribution in [0.5, 0.6) is 0 Å². The van der Waals surface area contributed by atoms with E-state index < -0.39 is 0 Å². The summed E-state index contributed by atoms with van der Waals surface area (Å²) in [7, 11) is 2.17. The number of nitrogens with one attached hydrogen (secondary N) is 1. The molecule has 1 N–H and O–H groups in total. The summed E-state index contributed by atoms with van der Waals surface area (Å²) in [5.41, 5.74) is 0. The van der Waals surface area contributed by atoms with Gasteiger partial charge in [-0.15, -0.1) is 11.3 Å². The van der Waals surface area contributed by atoms with Crippen LogP contribution in [0.3, 0.4) is 0 Å². The molecule has 1 aromatic heterocycles. The predicted molar refractivity (Wildman–Crippen MR) is 79.3 cm³/mol. The Bertz CT molecular complexity index is 358. The van der Waals surface area contributed by atoms with Crippen molar-refractivity contribution in [2.24, 2.45) is 11.8 Å². The first kappa shape index (κ1) is 13.8. The Balaban J connectivity index is 1.77. The predicted octanol–water partition coefficient (Wildman–Crippen LogP) is 3.13. The zero-order valence-corrected chi connectivity index (χ0v) is 12.6. The van der Waals surface area contributed by atoms with Gasteiger partial charge >= 0.3 is 0 Å². The summed E-state index contributed by atoms with van der Waals surface area (Å²) < 4.78 is 0. The Morgan fingerprint density at radius 3 is 2.89 bits per heavy atom. The molecule has 1 heterocycles. The van der Waals surface area contributed by atoms with Gasteiger partial charge < -0.3 is 10.2 Å². The van der Waals surface area contributed by atoms with E-state index in [0.717, 1.165) is 19.0 Å². The summed E-state index contributed by atoms with van der Waals surface area (Å²) in [5.74, 6) is 1.61. The Labute approximate surface area is 115 Å². The third-order valence-electron chi connectivity index (χ3n) is 3.48. The van der Waals surface area contributed by atoms with Gasteiger partial charge in [0.2, 0.25) is 0 Å². The molecule has 4 heteroatoms. The topological polar surface area (TPSA) is 28.2 Å². The average Bonchev–Trinajstić information content (AvgIpc) is 2.71. The summed E-state index contributed by atoms with van der Waals surface area (Å²) in [6, 6.07) is 0. The van der Waals surface area contributed by atoms with Crippen LogP contribution in [0.4, 0.5) is 5.13 Å². The van der Waals surface area contributed by atoms with Gasteiger partial charge in [-0.05, 0) is 31.2 Å². The van der Waals surface area contributed by atoms with Crippen LogP contribution >= 0.6 is 11.3 Å². The fourth-order valence-corrected chi connectivity index (χ4v) is 3.03. The highest BCUT2D eigenvalue weighted by atomic mass is 32.1. The number of nitrogens with zero attached hydrogens (tertiary/aromatic N) is 2. The van der Waals surface area contributed by atoms with E-state index in [1.165, 1.54) is 35.8 Å². The van der Waals surface area contributed by atoms with E-state index in [4.69, 9.17) is 0 Å². The number of hydrogen-bond donors (Lipinski definition) is 1. The Kier molecular flexibility index (Phi) is 5.01. The Hall–Kier alpha value is -0.610. The lowest BCUT2D eigenvalue weighted by molar-refractivity contribution is 0.321. The molecule has 1 aliphatic rings. The average molecular weight is 267 g/mol. The number of thiazole rings is 1. The number of anilines is 1. The zero-order valence-electron chi connectivity index (χ0n) is 11.8. The van der Waals surface area contributed by atoms with Crippen LogP contribution in [0.15, 0.2) is 6.20 Å². The second-order valence-electron chi connectivity index (χ2n) is 5.81. The van der Waals surface area contributed by atoms with E-state index in [-0.39, 0.29) is 0 Å². The van der Waals surface area contributed by atoms with Gasteiger partial charge in [0.1, 0.15) is 0 Å². The molecule has 0 bridgehead atoms. The molecule has 0 aromatic carbocycles. The van der Waals surface area contributed by atoms with Crippen LogP contribution < -0.4 is 10.2 Å². The number of rotatable bonds is 7. The van der Waals surface area contributed by atoms with Crippen LogP contribution in [0.1, 0.15) is 38.0 Å². The Morgan fingerprint density at radius 1 is 1.50 bits per heavy atom. The molecule has 0 amide bonds. The molecule has 0 saturated heterocycles. The van der Waals surface area contributed by atoms with Gasteiger partial charge in [0.15, 0.2) is 5.13 Å². The highest BCUT2D eigenvalue weighted by Crippen LogP contribution is 2.29. The van der Waals surface area contributed by atoms with Crippen LogP contribution in [0, 0.1) is 11.8 Å². The van der Waals surface area contributed by atoms with Crippen LogP contribution in [0.25, 0.3) is 0 Å².